The number of nitrogens with one attached hydrogen (secondary N) is 1. The lowest BCUT2D eigenvalue weighted by molar-refractivity contribution is -0.140. The molecule has 4 heterocycles. The predicted octanol–water partition coefficient (Wildman–Crippen LogP) is 3.44. The number of hydrogen-bond donors (Lipinski definition) is 1. The summed E-state index contributed by atoms with van der Waals surface area (Å²) < 4.78 is 2.05. The Balaban J connectivity index is 1.51. The van der Waals surface area contributed by atoms with E-state index in [0.29, 0.717) is 26.2 Å². The zero-order valence-corrected chi connectivity index (χ0v) is 21.9. The first-order valence-electron chi connectivity index (χ1n) is 12.7. The van der Waals surface area contributed by atoms with E-state index in [4.69, 9.17) is 5.10 Å². The molecular formula is C26H40N6O2. The van der Waals surface area contributed by atoms with Crippen LogP contribution in [0.15, 0.2) is 0 Å². The van der Waals surface area contributed by atoms with Crippen molar-refractivity contribution in [3.05, 3.63) is 33.9 Å². The molecule has 8 nitrogen and oxygen atoms in total. The molecule has 2 aliphatic heterocycles. The van der Waals surface area contributed by atoms with Crippen molar-refractivity contribution in [2.45, 2.75) is 93.3 Å². The number of carbonyl (C=O) groups is 2. The number of rotatable bonds is 5. The SMILES string of the molecule is CCc1n[nH]c2c1CN(C(=O)C(C)Cn1nc(C(C)C)c3c1CCN(C(=O)C(C)(C)C)C3)CC2. The van der Waals surface area contributed by atoms with E-state index in [1.54, 1.807) is 0 Å². The molecule has 0 aliphatic carbocycles. The molecule has 4 rings (SSSR count). The van der Waals surface area contributed by atoms with Gasteiger partial charge < -0.3 is 9.80 Å². The average Bonchev–Trinajstić information content (AvgIpc) is 3.37. The third kappa shape index (κ3) is 4.51. The van der Waals surface area contributed by atoms with Gasteiger partial charge in [0.25, 0.3) is 0 Å². The molecule has 1 atom stereocenters. The van der Waals surface area contributed by atoms with Crippen LogP contribution in [-0.2, 0) is 48.5 Å². The molecule has 2 aromatic rings. The second-order valence-corrected chi connectivity index (χ2v) is 11.3. The molecule has 0 saturated heterocycles. The monoisotopic (exact) mass is 468 g/mol. The first kappa shape index (κ1) is 24.5. The summed E-state index contributed by atoms with van der Waals surface area (Å²) in [6.07, 6.45) is 2.47. The lowest BCUT2D eigenvalue weighted by Gasteiger charge is -2.33. The van der Waals surface area contributed by atoms with Gasteiger partial charge in [0.2, 0.25) is 11.8 Å². The van der Waals surface area contributed by atoms with Crippen LogP contribution in [0.25, 0.3) is 0 Å². The van der Waals surface area contributed by atoms with Crippen molar-refractivity contribution in [1.29, 1.82) is 0 Å². The number of aromatic amines is 1. The maximum Gasteiger partial charge on any atom is 0.228 e. The van der Waals surface area contributed by atoms with Crippen LogP contribution < -0.4 is 0 Å². The van der Waals surface area contributed by atoms with E-state index in [1.165, 1.54) is 22.5 Å². The molecule has 0 fully saturated rings. The van der Waals surface area contributed by atoms with Crippen LogP contribution in [-0.4, -0.2) is 54.7 Å². The van der Waals surface area contributed by atoms with Crippen LogP contribution in [0.5, 0.6) is 0 Å². The molecule has 1 N–H and O–H groups in total. The van der Waals surface area contributed by atoms with Crippen molar-refractivity contribution in [3.63, 3.8) is 0 Å². The van der Waals surface area contributed by atoms with Gasteiger partial charge in [-0.1, -0.05) is 48.5 Å². The molecule has 2 aliphatic rings. The fourth-order valence-electron chi connectivity index (χ4n) is 5.26. The van der Waals surface area contributed by atoms with Gasteiger partial charge >= 0.3 is 0 Å². The van der Waals surface area contributed by atoms with Crippen molar-refractivity contribution < 1.29 is 9.59 Å². The Hall–Kier alpha value is -2.64. The molecule has 0 bridgehead atoms. The molecule has 0 radical (unpaired) electrons. The summed E-state index contributed by atoms with van der Waals surface area (Å²) in [5.41, 5.74) is 6.44. The summed E-state index contributed by atoms with van der Waals surface area (Å²) in [5.74, 6) is 0.445. The quantitative estimate of drug-likeness (QED) is 0.728. The third-order valence-electron chi connectivity index (χ3n) is 7.17. The average molecular weight is 469 g/mol. The van der Waals surface area contributed by atoms with E-state index in [0.717, 1.165) is 37.2 Å². The fraction of sp³-hybridized carbons (Fsp3) is 0.692. The highest BCUT2D eigenvalue weighted by atomic mass is 16.2. The van der Waals surface area contributed by atoms with Gasteiger partial charge in [-0.05, 0) is 12.3 Å². The second-order valence-electron chi connectivity index (χ2n) is 11.3. The van der Waals surface area contributed by atoms with Gasteiger partial charge in [-0.25, -0.2) is 0 Å². The fourth-order valence-corrected chi connectivity index (χ4v) is 5.26. The summed E-state index contributed by atoms with van der Waals surface area (Å²) in [5, 5.41) is 12.5. The summed E-state index contributed by atoms with van der Waals surface area (Å²) in [6.45, 7) is 17.6. The van der Waals surface area contributed by atoms with Crippen molar-refractivity contribution in [2.24, 2.45) is 11.3 Å². The minimum Gasteiger partial charge on any atom is -0.338 e. The lowest BCUT2D eigenvalue weighted by atomic mass is 9.92. The second kappa shape index (κ2) is 9.19. The van der Waals surface area contributed by atoms with Crippen LogP contribution in [0.3, 0.4) is 0 Å². The number of carbonyl (C=O) groups excluding carboxylic acids is 2. The minimum absolute atomic E-state index is 0.170. The molecular weight excluding hydrogens is 428 g/mol. The van der Waals surface area contributed by atoms with Gasteiger partial charge in [0.15, 0.2) is 0 Å². The van der Waals surface area contributed by atoms with Crippen LogP contribution in [0.4, 0.5) is 0 Å². The van der Waals surface area contributed by atoms with Gasteiger partial charge in [0, 0.05) is 67.0 Å². The number of fused-ring (bicyclic) bond motifs is 2. The number of aryl methyl sites for hydroxylation is 1. The van der Waals surface area contributed by atoms with Crippen LogP contribution in [0, 0.1) is 11.3 Å². The van der Waals surface area contributed by atoms with Gasteiger partial charge in [-0.2, -0.15) is 10.2 Å². The lowest BCUT2D eigenvalue weighted by Crippen LogP contribution is -2.43. The summed E-state index contributed by atoms with van der Waals surface area (Å²) in [6, 6.07) is 0. The molecule has 34 heavy (non-hydrogen) atoms. The summed E-state index contributed by atoms with van der Waals surface area (Å²) >= 11 is 0. The van der Waals surface area contributed by atoms with E-state index < -0.39 is 5.41 Å². The largest absolute Gasteiger partial charge is 0.338 e. The van der Waals surface area contributed by atoms with E-state index in [9.17, 15) is 9.59 Å². The third-order valence-corrected chi connectivity index (χ3v) is 7.17. The summed E-state index contributed by atoms with van der Waals surface area (Å²) in [4.78, 5) is 30.3. The first-order valence-corrected chi connectivity index (χ1v) is 12.7. The van der Waals surface area contributed by atoms with Crippen molar-refractivity contribution in [3.8, 4) is 0 Å². The van der Waals surface area contributed by atoms with Crippen molar-refractivity contribution in [1.82, 2.24) is 29.8 Å². The predicted molar refractivity (Wildman–Crippen MR) is 131 cm³/mol. The Bertz CT molecular complexity index is 1060. The molecule has 0 spiro atoms. The van der Waals surface area contributed by atoms with Gasteiger partial charge in [0.1, 0.15) is 0 Å². The highest BCUT2D eigenvalue weighted by molar-refractivity contribution is 5.82. The van der Waals surface area contributed by atoms with E-state index in [2.05, 4.69) is 35.7 Å². The molecule has 2 aromatic heterocycles. The van der Waals surface area contributed by atoms with Gasteiger partial charge in [-0.3, -0.25) is 19.4 Å². The maximum atomic E-state index is 13.4. The Morgan fingerprint density at radius 3 is 2.35 bits per heavy atom. The van der Waals surface area contributed by atoms with Crippen LogP contribution in [0.1, 0.15) is 88.3 Å². The number of amides is 2. The first-order chi connectivity index (χ1) is 16.0. The standard InChI is InChI=1S/C26H40N6O2/c1-8-20-18-14-30(11-9-21(18)28-27-20)24(33)17(4)13-32-22-10-12-31(25(34)26(5,6)7)15-19(22)23(29-32)16(2)3/h16-17H,8-15H2,1-7H3,(H,27,28). The minimum atomic E-state index is -0.395. The Kier molecular flexibility index (Phi) is 6.62. The molecule has 0 saturated carbocycles. The Morgan fingerprint density at radius 2 is 1.71 bits per heavy atom. The van der Waals surface area contributed by atoms with Crippen molar-refractivity contribution in [2.75, 3.05) is 13.1 Å². The zero-order chi connectivity index (χ0) is 24.8. The smallest absolute Gasteiger partial charge is 0.228 e. The van der Waals surface area contributed by atoms with Gasteiger partial charge in [-0.15, -0.1) is 0 Å². The molecule has 2 amide bonds. The zero-order valence-electron chi connectivity index (χ0n) is 21.9. The number of H-pyrrole nitrogens is 1. The van der Waals surface area contributed by atoms with E-state index in [1.807, 2.05) is 37.5 Å². The number of hydrogen-bond acceptors (Lipinski definition) is 4. The Labute approximate surface area is 203 Å². The summed E-state index contributed by atoms with van der Waals surface area (Å²) in [7, 11) is 0. The van der Waals surface area contributed by atoms with Crippen LogP contribution >= 0.6 is 0 Å². The van der Waals surface area contributed by atoms with Crippen molar-refractivity contribution >= 4 is 11.8 Å². The normalized spacial score (nSPS) is 17.1. The molecule has 186 valence electrons. The highest BCUT2D eigenvalue weighted by Gasteiger charge is 2.34. The Morgan fingerprint density at radius 1 is 1.03 bits per heavy atom. The number of aromatic nitrogens is 4. The number of nitrogens with zero attached hydrogens (tertiary/aromatic N) is 5. The molecule has 0 aromatic carbocycles. The molecule has 1 unspecified atom stereocenters. The van der Waals surface area contributed by atoms with Crippen LogP contribution in [0.2, 0.25) is 0 Å². The maximum absolute atomic E-state index is 13.4. The topological polar surface area (TPSA) is 87.1 Å². The van der Waals surface area contributed by atoms with E-state index in [-0.39, 0.29) is 23.7 Å². The van der Waals surface area contributed by atoms with Gasteiger partial charge in [0.05, 0.1) is 23.9 Å². The molecule has 8 heteroatoms. The van der Waals surface area contributed by atoms with E-state index >= 15 is 0 Å². The highest BCUT2D eigenvalue weighted by Crippen LogP contribution is 2.31.